The van der Waals surface area contributed by atoms with Crippen LogP contribution in [0.1, 0.15) is 26.2 Å². The maximum Gasteiger partial charge on any atom is 0.155 e. The molecule has 1 rings (SSSR count). The molecule has 0 N–H and O–H groups in total. The lowest BCUT2D eigenvalue weighted by molar-refractivity contribution is -0.114. The third-order valence-electron chi connectivity index (χ3n) is 2.36. The van der Waals surface area contributed by atoms with Gasteiger partial charge in [0.2, 0.25) is 0 Å². The van der Waals surface area contributed by atoms with Crippen LogP contribution in [-0.2, 0) is 4.79 Å². The highest BCUT2D eigenvalue weighted by atomic mass is 16.1. The Morgan fingerprint density at radius 3 is 2.57 bits per heavy atom. The first-order chi connectivity index (χ1) is 6.74. The first-order valence-corrected chi connectivity index (χ1v) is 4.94. The van der Waals surface area contributed by atoms with Crippen molar-refractivity contribution in [3.63, 3.8) is 0 Å². The van der Waals surface area contributed by atoms with Crippen LogP contribution in [0.15, 0.2) is 48.1 Å². The number of hydrogen-bond donors (Lipinski definition) is 0. The molecule has 0 aromatic carbocycles. The number of rotatable bonds is 5. The molecule has 74 valence electrons. The summed E-state index contributed by atoms with van der Waals surface area (Å²) < 4.78 is 0. The molecular weight excluding hydrogens is 172 g/mol. The van der Waals surface area contributed by atoms with Crippen LogP contribution >= 0.6 is 0 Å². The van der Waals surface area contributed by atoms with E-state index in [-0.39, 0.29) is 5.78 Å². The summed E-state index contributed by atoms with van der Waals surface area (Å²) in [6, 6.07) is 0. The van der Waals surface area contributed by atoms with E-state index in [1.165, 1.54) is 17.2 Å². The van der Waals surface area contributed by atoms with Crippen molar-refractivity contribution < 1.29 is 4.79 Å². The van der Waals surface area contributed by atoms with E-state index in [1.807, 2.05) is 12.2 Å². The predicted molar refractivity (Wildman–Crippen MR) is 60.0 cm³/mol. The molecule has 0 amide bonds. The zero-order valence-electron chi connectivity index (χ0n) is 8.62. The fourth-order valence-corrected chi connectivity index (χ4v) is 1.43. The van der Waals surface area contributed by atoms with Crippen LogP contribution < -0.4 is 0 Å². The highest BCUT2D eigenvalue weighted by Crippen LogP contribution is 2.17. The summed E-state index contributed by atoms with van der Waals surface area (Å²) in [5.41, 5.74) is 2.64. The third kappa shape index (κ3) is 3.17. The molecule has 0 heterocycles. The van der Waals surface area contributed by atoms with E-state index in [4.69, 9.17) is 0 Å². The van der Waals surface area contributed by atoms with E-state index in [0.717, 1.165) is 12.8 Å². The zero-order chi connectivity index (χ0) is 10.4. The molecule has 0 saturated heterocycles. The summed E-state index contributed by atoms with van der Waals surface area (Å²) in [6.07, 6.45) is 12.2. The van der Waals surface area contributed by atoms with Gasteiger partial charge in [-0.05, 0) is 31.4 Å². The smallest absolute Gasteiger partial charge is 0.155 e. The van der Waals surface area contributed by atoms with Crippen LogP contribution in [0.5, 0.6) is 0 Å². The highest BCUT2D eigenvalue weighted by molar-refractivity contribution is 5.88. The molecule has 14 heavy (non-hydrogen) atoms. The average molecular weight is 188 g/mol. The van der Waals surface area contributed by atoms with Crippen LogP contribution in [0.2, 0.25) is 0 Å². The van der Waals surface area contributed by atoms with Crippen molar-refractivity contribution in [3.8, 4) is 0 Å². The van der Waals surface area contributed by atoms with E-state index in [9.17, 15) is 4.79 Å². The molecule has 0 spiro atoms. The second kappa shape index (κ2) is 5.38. The minimum Gasteiger partial charge on any atom is -0.295 e. The number of carbonyl (C=O) groups is 1. The predicted octanol–water partition coefficient (Wildman–Crippen LogP) is 3.35. The molecule has 0 unspecified atom stereocenters. The van der Waals surface area contributed by atoms with E-state index in [0.29, 0.717) is 6.42 Å². The molecule has 0 aromatic heterocycles. The Bertz CT molecular complexity index is 302. The first kappa shape index (κ1) is 10.7. The number of ketones is 1. The summed E-state index contributed by atoms with van der Waals surface area (Å²) in [7, 11) is 0. The maximum absolute atomic E-state index is 11.0. The Balaban J connectivity index is 2.35. The topological polar surface area (TPSA) is 17.1 Å². The molecular formula is C13H16O. The minimum atomic E-state index is 0.139. The van der Waals surface area contributed by atoms with Crippen molar-refractivity contribution in [2.45, 2.75) is 26.2 Å². The fraction of sp³-hybridized carbons (Fsp3) is 0.308. The van der Waals surface area contributed by atoms with Crippen LogP contribution in [-0.4, -0.2) is 5.78 Å². The van der Waals surface area contributed by atoms with Crippen molar-refractivity contribution in [2.24, 2.45) is 0 Å². The average Bonchev–Trinajstić information content (AvgIpc) is 2.70. The Kier molecular flexibility index (Phi) is 4.11. The summed E-state index contributed by atoms with van der Waals surface area (Å²) in [6.45, 7) is 5.57. The van der Waals surface area contributed by atoms with Gasteiger partial charge in [0.25, 0.3) is 0 Å². The van der Waals surface area contributed by atoms with Gasteiger partial charge in [-0.15, -0.1) is 0 Å². The Morgan fingerprint density at radius 2 is 2.00 bits per heavy atom. The monoisotopic (exact) mass is 188 g/mol. The van der Waals surface area contributed by atoms with Gasteiger partial charge >= 0.3 is 0 Å². The van der Waals surface area contributed by atoms with Crippen LogP contribution in [0, 0.1) is 0 Å². The van der Waals surface area contributed by atoms with Gasteiger partial charge in [0.05, 0.1) is 0 Å². The normalized spacial score (nSPS) is 13.4. The third-order valence-corrected chi connectivity index (χ3v) is 2.36. The van der Waals surface area contributed by atoms with Gasteiger partial charge in [0.1, 0.15) is 0 Å². The molecule has 0 saturated carbocycles. The number of hydrogen-bond acceptors (Lipinski definition) is 1. The van der Waals surface area contributed by atoms with Crippen LogP contribution in [0.3, 0.4) is 0 Å². The fourth-order valence-electron chi connectivity index (χ4n) is 1.43. The summed E-state index contributed by atoms with van der Waals surface area (Å²) in [5, 5.41) is 0. The van der Waals surface area contributed by atoms with Crippen LogP contribution in [0.4, 0.5) is 0 Å². The largest absolute Gasteiger partial charge is 0.295 e. The van der Waals surface area contributed by atoms with E-state index < -0.39 is 0 Å². The molecule has 1 aliphatic carbocycles. The number of allylic oxidation sites excluding steroid dienone is 7. The van der Waals surface area contributed by atoms with E-state index >= 15 is 0 Å². The lowest BCUT2D eigenvalue weighted by atomic mass is 10.0. The zero-order valence-corrected chi connectivity index (χ0v) is 8.62. The maximum atomic E-state index is 11.0. The molecule has 0 aromatic rings. The van der Waals surface area contributed by atoms with Crippen molar-refractivity contribution in [2.75, 3.05) is 0 Å². The summed E-state index contributed by atoms with van der Waals surface area (Å²) >= 11 is 0. The quantitative estimate of drug-likeness (QED) is 0.605. The van der Waals surface area contributed by atoms with Crippen molar-refractivity contribution in [3.05, 3.63) is 48.1 Å². The molecule has 0 aliphatic heterocycles. The summed E-state index contributed by atoms with van der Waals surface area (Å²) in [5.74, 6) is 0.139. The second-order valence-electron chi connectivity index (χ2n) is 3.48. The lowest BCUT2D eigenvalue weighted by Gasteiger charge is -2.02. The molecule has 1 heteroatoms. The summed E-state index contributed by atoms with van der Waals surface area (Å²) in [4.78, 5) is 11.0. The Labute approximate surface area is 85.5 Å². The lowest BCUT2D eigenvalue weighted by Crippen LogP contribution is -1.92. The Morgan fingerprint density at radius 1 is 1.36 bits per heavy atom. The van der Waals surface area contributed by atoms with Crippen molar-refractivity contribution in [1.29, 1.82) is 0 Å². The van der Waals surface area contributed by atoms with Gasteiger partial charge in [0, 0.05) is 6.42 Å². The molecule has 0 radical (unpaired) electrons. The SMILES string of the molecule is C=CC(=O)CCCC(C)=C1C=CC=C1. The highest BCUT2D eigenvalue weighted by Gasteiger charge is 2.00. The second-order valence-corrected chi connectivity index (χ2v) is 3.48. The van der Waals surface area contributed by atoms with E-state index in [1.54, 1.807) is 0 Å². The first-order valence-electron chi connectivity index (χ1n) is 4.94. The van der Waals surface area contributed by atoms with Crippen LogP contribution in [0.25, 0.3) is 0 Å². The van der Waals surface area contributed by atoms with E-state index in [2.05, 4.69) is 25.7 Å². The molecule has 1 aliphatic rings. The molecule has 0 atom stereocenters. The molecule has 1 nitrogen and oxygen atoms in total. The van der Waals surface area contributed by atoms with Gasteiger partial charge in [-0.1, -0.05) is 36.5 Å². The van der Waals surface area contributed by atoms with Crippen molar-refractivity contribution >= 4 is 5.78 Å². The van der Waals surface area contributed by atoms with Gasteiger partial charge in [0.15, 0.2) is 5.78 Å². The van der Waals surface area contributed by atoms with Gasteiger partial charge in [-0.2, -0.15) is 0 Å². The standard InChI is InChI=1S/C13H16O/c1-3-13(14)10-6-7-11(2)12-8-4-5-9-12/h3-5,8-9H,1,6-7,10H2,2H3. The Hall–Kier alpha value is -1.37. The molecule has 0 fully saturated rings. The molecule has 0 bridgehead atoms. The minimum absolute atomic E-state index is 0.139. The number of carbonyl (C=O) groups excluding carboxylic acids is 1. The van der Waals surface area contributed by atoms with Gasteiger partial charge in [-0.3, -0.25) is 4.79 Å². The van der Waals surface area contributed by atoms with Gasteiger partial charge in [-0.25, -0.2) is 0 Å². The van der Waals surface area contributed by atoms with Crippen molar-refractivity contribution in [1.82, 2.24) is 0 Å². The van der Waals surface area contributed by atoms with Gasteiger partial charge < -0.3 is 0 Å².